The lowest BCUT2D eigenvalue weighted by Gasteiger charge is -2.17. The number of benzene rings is 3. The molecule has 0 heterocycles. The average molecular weight is 441 g/mol. The summed E-state index contributed by atoms with van der Waals surface area (Å²) >= 11 is 0. The van der Waals surface area contributed by atoms with E-state index >= 15 is 0 Å². The van der Waals surface area contributed by atoms with Crippen molar-refractivity contribution in [3.63, 3.8) is 0 Å². The zero-order valence-corrected chi connectivity index (χ0v) is 18.2. The summed E-state index contributed by atoms with van der Waals surface area (Å²) in [5, 5.41) is 0. The Morgan fingerprint density at radius 2 is 1.52 bits per heavy atom. The molecule has 0 bridgehead atoms. The van der Waals surface area contributed by atoms with Gasteiger partial charge in [0.2, 0.25) is 0 Å². The van der Waals surface area contributed by atoms with Gasteiger partial charge in [0.05, 0.1) is 12.0 Å². The van der Waals surface area contributed by atoms with Crippen LogP contribution in [0.25, 0.3) is 0 Å². The summed E-state index contributed by atoms with van der Waals surface area (Å²) in [6.45, 7) is 1.84. The third-order valence-corrected chi connectivity index (χ3v) is 5.95. The van der Waals surface area contributed by atoms with Crippen LogP contribution < -0.4 is 4.74 Å². The first-order chi connectivity index (χ1) is 14.9. The molecule has 3 aromatic rings. The molecule has 0 aromatic heterocycles. The molecule has 0 unspecified atom stereocenters. The van der Waals surface area contributed by atoms with Crippen molar-refractivity contribution >= 4 is 16.1 Å². The number of aryl methyl sites for hydroxylation is 1. The normalized spacial score (nSPS) is 12.2. The van der Waals surface area contributed by atoms with Crippen molar-refractivity contribution in [2.75, 3.05) is 7.11 Å². The van der Waals surface area contributed by atoms with E-state index in [2.05, 4.69) is 0 Å². The lowest BCUT2D eigenvalue weighted by atomic mass is 10.1. The quantitative estimate of drug-likeness (QED) is 0.369. The Bertz CT molecular complexity index is 1090. The van der Waals surface area contributed by atoms with E-state index in [1.54, 1.807) is 55.6 Å². The number of hydrogen-bond donors (Lipinski definition) is 0. The standard InChI is InChI=1S/C24H24O6S/c1-18-8-14-22(15-9-18)31(26,27)30-23(16-19-6-4-3-5-7-19)24(25)29-17-20-10-12-21(28-2)13-11-20/h3-15,23H,16-17H2,1-2H3/t23-/m0/s1. The molecule has 0 aliphatic rings. The fourth-order valence-electron chi connectivity index (χ4n) is 2.87. The average Bonchev–Trinajstić information content (AvgIpc) is 2.78. The van der Waals surface area contributed by atoms with Gasteiger partial charge in [0, 0.05) is 6.42 Å². The summed E-state index contributed by atoms with van der Waals surface area (Å²) in [5.41, 5.74) is 2.42. The Labute approximate surface area is 182 Å². The van der Waals surface area contributed by atoms with Crippen LogP contribution in [0, 0.1) is 6.92 Å². The molecule has 6 nitrogen and oxygen atoms in total. The van der Waals surface area contributed by atoms with E-state index in [-0.39, 0.29) is 17.9 Å². The minimum absolute atomic E-state index is 0.0118. The fourth-order valence-corrected chi connectivity index (χ4v) is 3.90. The lowest BCUT2D eigenvalue weighted by Crippen LogP contribution is -2.31. The van der Waals surface area contributed by atoms with Crippen molar-refractivity contribution in [2.24, 2.45) is 0 Å². The summed E-state index contributed by atoms with van der Waals surface area (Å²) in [4.78, 5) is 12.8. The second-order valence-corrected chi connectivity index (χ2v) is 8.57. The molecule has 31 heavy (non-hydrogen) atoms. The van der Waals surface area contributed by atoms with E-state index in [0.717, 1.165) is 16.7 Å². The van der Waals surface area contributed by atoms with Gasteiger partial charge in [-0.2, -0.15) is 8.42 Å². The smallest absolute Gasteiger partial charge is 0.337 e. The number of esters is 1. The first-order valence-corrected chi connectivity index (χ1v) is 11.1. The van der Waals surface area contributed by atoms with Gasteiger partial charge in [0.25, 0.3) is 10.1 Å². The zero-order chi connectivity index (χ0) is 22.3. The molecule has 3 rings (SSSR count). The Morgan fingerprint density at radius 3 is 2.13 bits per heavy atom. The van der Waals surface area contributed by atoms with E-state index in [0.29, 0.717) is 5.75 Å². The van der Waals surface area contributed by atoms with Gasteiger partial charge in [0.1, 0.15) is 12.4 Å². The van der Waals surface area contributed by atoms with Crippen LogP contribution in [0.5, 0.6) is 5.75 Å². The number of hydrogen-bond acceptors (Lipinski definition) is 6. The van der Waals surface area contributed by atoms with Gasteiger partial charge in [0.15, 0.2) is 6.10 Å². The van der Waals surface area contributed by atoms with E-state index in [1.165, 1.54) is 12.1 Å². The predicted molar refractivity (Wildman–Crippen MR) is 116 cm³/mol. The highest BCUT2D eigenvalue weighted by molar-refractivity contribution is 7.86. The molecule has 7 heteroatoms. The van der Waals surface area contributed by atoms with Crippen molar-refractivity contribution in [3.05, 3.63) is 95.6 Å². The van der Waals surface area contributed by atoms with Crippen molar-refractivity contribution < 1.29 is 26.9 Å². The number of rotatable bonds is 9. The SMILES string of the molecule is COc1ccc(COC(=O)[C@H](Cc2ccccc2)OS(=O)(=O)c2ccc(C)cc2)cc1. The Morgan fingerprint density at radius 1 is 0.871 bits per heavy atom. The summed E-state index contributed by atoms with van der Waals surface area (Å²) in [5.74, 6) is -0.0695. The molecule has 1 atom stereocenters. The molecule has 0 spiro atoms. The van der Waals surface area contributed by atoms with E-state index < -0.39 is 22.2 Å². The fraction of sp³-hybridized carbons (Fsp3) is 0.208. The molecule has 0 radical (unpaired) electrons. The summed E-state index contributed by atoms with van der Waals surface area (Å²) < 4.78 is 41.3. The van der Waals surface area contributed by atoms with Crippen LogP contribution in [-0.2, 0) is 36.9 Å². The maximum atomic E-state index is 12.8. The molecular weight excluding hydrogens is 416 g/mol. The first-order valence-electron chi connectivity index (χ1n) is 9.71. The molecular formula is C24H24O6S. The maximum absolute atomic E-state index is 12.8. The minimum Gasteiger partial charge on any atom is -0.497 e. The van der Waals surface area contributed by atoms with Crippen LogP contribution in [0.2, 0.25) is 0 Å². The molecule has 3 aromatic carbocycles. The van der Waals surface area contributed by atoms with Crippen molar-refractivity contribution in [1.82, 2.24) is 0 Å². The number of methoxy groups -OCH3 is 1. The van der Waals surface area contributed by atoms with Crippen LogP contribution in [0.1, 0.15) is 16.7 Å². The second kappa shape index (κ2) is 10.2. The van der Waals surface area contributed by atoms with Gasteiger partial charge >= 0.3 is 5.97 Å². The van der Waals surface area contributed by atoms with Gasteiger partial charge in [-0.15, -0.1) is 0 Å². The third-order valence-electron chi connectivity index (χ3n) is 4.62. The molecule has 0 saturated heterocycles. The zero-order valence-electron chi connectivity index (χ0n) is 17.4. The Kier molecular flexibility index (Phi) is 7.44. The van der Waals surface area contributed by atoms with Gasteiger partial charge in [-0.05, 0) is 42.3 Å². The van der Waals surface area contributed by atoms with Crippen molar-refractivity contribution in [3.8, 4) is 5.75 Å². The number of carbonyl (C=O) groups excluding carboxylic acids is 1. The minimum atomic E-state index is -4.15. The van der Waals surface area contributed by atoms with Crippen LogP contribution in [0.4, 0.5) is 0 Å². The second-order valence-electron chi connectivity index (χ2n) is 7.00. The van der Waals surface area contributed by atoms with Crippen molar-refractivity contribution in [1.29, 1.82) is 0 Å². The van der Waals surface area contributed by atoms with Gasteiger partial charge < -0.3 is 9.47 Å². The number of ether oxygens (including phenoxy) is 2. The van der Waals surface area contributed by atoms with E-state index in [9.17, 15) is 13.2 Å². The first kappa shape index (κ1) is 22.5. The summed E-state index contributed by atoms with van der Waals surface area (Å²) in [6.07, 6.45) is -1.25. The van der Waals surface area contributed by atoms with E-state index in [1.807, 2.05) is 25.1 Å². The number of carbonyl (C=O) groups is 1. The molecule has 0 aliphatic heterocycles. The monoisotopic (exact) mass is 440 g/mol. The highest BCUT2D eigenvalue weighted by Crippen LogP contribution is 2.19. The summed E-state index contributed by atoms with van der Waals surface area (Å²) in [7, 11) is -2.59. The predicted octanol–water partition coefficient (Wildman–Crippen LogP) is 4.06. The highest BCUT2D eigenvalue weighted by atomic mass is 32.2. The highest BCUT2D eigenvalue weighted by Gasteiger charge is 2.29. The van der Waals surface area contributed by atoms with Gasteiger partial charge in [-0.25, -0.2) is 4.79 Å². The van der Waals surface area contributed by atoms with Crippen LogP contribution >= 0.6 is 0 Å². The molecule has 0 aliphatic carbocycles. The van der Waals surface area contributed by atoms with Crippen LogP contribution in [-0.4, -0.2) is 27.6 Å². The van der Waals surface area contributed by atoms with Crippen LogP contribution in [0.15, 0.2) is 83.8 Å². The molecule has 0 amide bonds. The van der Waals surface area contributed by atoms with Gasteiger partial charge in [-0.1, -0.05) is 60.2 Å². The lowest BCUT2D eigenvalue weighted by molar-refractivity contribution is -0.153. The maximum Gasteiger partial charge on any atom is 0.337 e. The Hall–Kier alpha value is -3.16. The third kappa shape index (κ3) is 6.41. The van der Waals surface area contributed by atoms with E-state index in [4.69, 9.17) is 13.7 Å². The van der Waals surface area contributed by atoms with Crippen LogP contribution in [0.3, 0.4) is 0 Å². The Balaban J connectivity index is 1.76. The molecule has 162 valence electrons. The summed E-state index contributed by atoms with van der Waals surface area (Å²) in [6, 6.07) is 22.3. The van der Waals surface area contributed by atoms with Gasteiger partial charge in [-0.3, -0.25) is 4.18 Å². The molecule has 0 saturated carbocycles. The largest absolute Gasteiger partial charge is 0.497 e. The molecule has 0 N–H and O–H groups in total. The molecule has 0 fully saturated rings. The topological polar surface area (TPSA) is 78.9 Å². The van der Waals surface area contributed by atoms with Crippen molar-refractivity contribution in [2.45, 2.75) is 31.0 Å².